The first-order chi connectivity index (χ1) is 19.4. The van der Waals surface area contributed by atoms with E-state index in [9.17, 15) is 14.9 Å². The molecule has 0 radical (unpaired) electrons. The van der Waals surface area contributed by atoms with Gasteiger partial charge in [-0.2, -0.15) is 5.10 Å². The molecule has 1 N–H and O–H groups in total. The maximum atomic E-state index is 13.2. The van der Waals surface area contributed by atoms with Crippen molar-refractivity contribution in [3.63, 3.8) is 0 Å². The molecule has 5 aromatic rings. The topological polar surface area (TPSA) is 107 Å². The van der Waals surface area contributed by atoms with E-state index >= 15 is 0 Å². The number of aromatic nitrogens is 1. The summed E-state index contributed by atoms with van der Waals surface area (Å²) in [6.07, 6.45) is 1.33. The maximum Gasteiger partial charge on any atom is 0.312 e. The Hall–Kier alpha value is -4.60. The Labute approximate surface area is 242 Å². The molecule has 1 aromatic heterocycles. The highest BCUT2D eigenvalue weighted by Crippen LogP contribution is 2.36. The lowest BCUT2D eigenvalue weighted by molar-refractivity contribution is -0.386. The van der Waals surface area contributed by atoms with Gasteiger partial charge in [-0.15, -0.1) is 0 Å². The normalized spacial score (nSPS) is 11.1. The number of carbonyl (C=O) groups excluding carboxylic acids is 1. The predicted octanol–water partition coefficient (Wildman–Crippen LogP) is 7.57. The number of nitro benzene ring substituents is 1. The monoisotopic (exact) mass is 614 g/mol. The van der Waals surface area contributed by atoms with E-state index in [1.807, 2.05) is 60.7 Å². The number of rotatable bonds is 8. The van der Waals surface area contributed by atoms with E-state index in [1.54, 1.807) is 30.3 Å². The molecular weight excluding hydrogens is 596 g/mol. The second kappa shape index (κ2) is 12.1. The first-order valence-electron chi connectivity index (χ1n) is 12.0. The lowest BCUT2D eigenvalue weighted by Crippen LogP contribution is -2.18. The van der Waals surface area contributed by atoms with Crippen LogP contribution in [0.1, 0.15) is 21.5 Å². The number of hydrogen-bond acceptors (Lipinski definition) is 6. The minimum Gasteiger partial charge on any atom is -0.481 e. The van der Waals surface area contributed by atoms with Crippen molar-refractivity contribution in [1.29, 1.82) is 0 Å². The summed E-state index contributed by atoms with van der Waals surface area (Å²) in [5.74, 6) is -0.370. The van der Waals surface area contributed by atoms with Crippen LogP contribution in [0.3, 0.4) is 0 Å². The van der Waals surface area contributed by atoms with Crippen LogP contribution in [0.5, 0.6) is 5.75 Å². The van der Waals surface area contributed by atoms with Gasteiger partial charge in [-0.3, -0.25) is 14.9 Å². The van der Waals surface area contributed by atoms with Crippen LogP contribution in [-0.2, 0) is 6.61 Å². The SMILES string of the molecule is O=C(N/N=C\c1cc(Br)c(OCc2cccc(Cl)c2)c([N+](=O)[O-])c1)c1cc(-c2ccccc2)nc2ccccc12. The smallest absolute Gasteiger partial charge is 0.312 e. The maximum absolute atomic E-state index is 13.2. The van der Waals surface area contributed by atoms with Gasteiger partial charge in [0.2, 0.25) is 5.75 Å². The number of pyridine rings is 1. The highest BCUT2D eigenvalue weighted by molar-refractivity contribution is 9.10. The summed E-state index contributed by atoms with van der Waals surface area (Å²) >= 11 is 9.37. The van der Waals surface area contributed by atoms with Crippen LogP contribution in [0.2, 0.25) is 5.02 Å². The van der Waals surface area contributed by atoms with Crippen LogP contribution in [0, 0.1) is 10.1 Å². The molecule has 198 valence electrons. The van der Waals surface area contributed by atoms with Gasteiger partial charge in [0.1, 0.15) is 6.61 Å². The number of ether oxygens (including phenoxy) is 1. The number of hydrogen-bond donors (Lipinski definition) is 1. The average Bonchev–Trinajstić information content (AvgIpc) is 2.96. The van der Waals surface area contributed by atoms with Crippen molar-refractivity contribution in [3.8, 4) is 17.0 Å². The number of amides is 1. The molecule has 0 atom stereocenters. The molecule has 0 saturated heterocycles. The highest BCUT2D eigenvalue weighted by atomic mass is 79.9. The molecule has 5 rings (SSSR count). The zero-order chi connectivity index (χ0) is 28.1. The van der Waals surface area contributed by atoms with Crippen LogP contribution in [0.15, 0.2) is 107 Å². The Balaban J connectivity index is 1.37. The van der Waals surface area contributed by atoms with Crippen molar-refractivity contribution in [2.75, 3.05) is 0 Å². The minimum atomic E-state index is -0.539. The number of halogens is 2. The van der Waals surface area contributed by atoms with Crippen LogP contribution in [0.25, 0.3) is 22.2 Å². The molecule has 40 heavy (non-hydrogen) atoms. The number of para-hydroxylation sites is 1. The third kappa shape index (κ3) is 6.17. The first-order valence-corrected chi connectivity index (χ1v) is 13.2. The fourth-order valence-electron chi connectivity index (χ4n) is 4.08. The van der Waals surface area contributed by atoms with Crippen molar-refractivity contribution in [1.82, 2.24) is 10.4 Å². The van der Waals surface area contributed by atoms with Gasteiger partial charge in [0, 0.05) is 27.6 Å². The number of benzene rings is 4. The van der Waals surface area contributed by atoms with Crippen molar-refractivity contribution >= 4 is 56.2 Å². The van der Waals surface area contributed by atoms with Gasteiger partial charge in [0.05, 0.1) is 32.4 Å². The number of nitrogens with zero attached hydrogens (tertiary/aromatic N) is 3. The minimum absolute atomic E-state index is 0.0721. The number of fused-ring (bicyclic) bond motifs is 1. The standard InChI is InChI=1S/C30H20BrClN4O4/c31-25-14-20(15-28(36(38)39)29(25)40-18-19-7-6-10-22(32)13-19)17-33-35-30(37)24-16-27(21-8-2-1-3-9-21)34-26-12-5-4-11-23(24)26/h1-17H,18H2,(H,35,37)/b33-17-. The zero-order valence-corrected chi connectivity index (χ0v) is 23.1. The quantitative estimate of drug-likeness (QED) is 0.110. The second-order valence-electron chi connectivity index (χ2n) is 8.66. The van der Waals surface area contributed by atoms with E-state index in [0.29, 0.717) is 37.2 Å². The van der Waals surface area contributed by atoms with Gasteiger partial charge in [-0.25, -0.2) is 10.4 Å². The summed E-state index contributed by atoms with van der Waals surface area (Å²) in [5, 5.41) is 17.1. The van der Waals surface area contributed by atoms with E-state index in [0.717, 1.165) is 11.1 Å². The molecule has 0 unspecified atom stereocenters. The molecule has 0 aliphatic rings. The molecule has 4 aromatic carbocycles. The van der Waals surface area contributed by atoms with Crippen LogP contribution < -0.4 is 10.2 Å². The average molecular weight is 616 g/mol. The number of nitrogens with one attached hydrogen (secondary N) is 1. The Morgan fingerprint density at radius 1 is 1.02 bits per heavy atom. The molecule has 0 saturated carbocycles. The molecule has 0 spiro atoms. The van der Waals surface area contributed by atoms with Gasteiger partial charge in [-0.05, 0) is 51.8 Å². The second-order valence-corrected chi connectivity index (χ2v) is 9.95. The Bertz CT molecular complexity index is 1760. The van der Waals surface area contributed by atoms with Crippen molar-refractivity contribution in [2.24, 2.45) is 5.10 Å². The van der Waals surface area contributed by atoms with Crippen LogP contribution in [0.4, 0.5) is 5.69 Å². The van der Waals surface area contributed by atoms with Crippen molar-refractivity contribution in [2.45, 2.75) is 6.61 Å². The molecule has 1 amide bonds. The summed E-state index contributed by atoms with van der Waals surface area (Å²) in [6, 6.07) is 28.6. The van der Waals surface area contributed by atoms with Crippen molar-refractivity contribution in [3.05, 3.63) is 133 Å². The molecule has 0 aliphatic heterocycles. The predicted molar refractivity (Wildman–Crippen MR) is 159 cm³/mol. The number of carbonyl (C=O) groups is 1. The Morgan fingerprint density at radius 3 is 2.58 bits per heavy atom. The molecular formula is C30H20BrClN4O4. The van der Waals surface area contributed by atoms with E-state index < -0.39 is 10.8 Å². The molecule has 1 heterocycles. The van der Waals surface area contributed by atoms with E-state index in [2.05, 4.69) is 26.5 Å². The number of hydrazone groups is 1. The van der Waals surface area contributed by atoms with E-state index in [1.165, 1.54) is 12.3 Å². The lowest BCUT2D eigenvalue weighted by atomic mass is 10.0. The molecule has 0 aliphatic carbocycles. The third-order valence-electron chi connectivity index (χ3n) is 5.93. The lowest BCUT2D eigenvalue weighted by Gasteiger charge is -2.10. The molecule has 10 heteroatoms. The van der Waals surface area contributed by atoms with E-state index in [4.69, 9.17) is 21.3 Å². The van der Waals surface area contributed by atoms with Gasteiger partial charge < -0.3 is 4.74 Å². The molecule has 0 fully saturated rings. The molecule has 0 bridgehead atoms. The zero-order valence-electron chi connectivity index (χ0n) is 20.8. The van der Waals surface area contributed by atoms with Crippen LogP contribution >= 0.6 is 27.5 Å². The fourth-order valence-corrected chi connectivity index (χ4v) is 4.88. The van der Waals surface area contributed by atoms with Gasteiger partial charge in [0.15, 0.2) is 0 Å². The van der Waals surface area contributed by atoms with Crippen LogP contribution in [-0.4, -0.2) is 22.0 Å². The summed E-state index contributed by atoms with van der Waals surface area (Å²) in [6.45, 7) is 0.0916. The highest BCUT2D eigenvalue weighted by Gasteiger charge is 2.20. The Morgan fingerprint density at radius 2 is 1.80 bits per heavy atom. The first kappa shape index (κ1) is 27.0. The number of nitro groups is 1. The summed E-state index contributed by atoms with van der Waals surface area (Å²) in [4.78, 5) is 29.1. The summed E-state index contributed by atoms with van der Waals surface area (Å²) in [7, 11) is 0. The Kier molecular flexibility index (Phi) is 8.14. The molecule has 8 nitrogen and oxygen atoms in total. The summed E-state index contributed by atoms with van der Waals surface area (Å²) < 4.78 is 6.11. The van der Waals surface area contributed by atoms with Gasteiger partial charge >= 0.3 is 5.69 Å². The fraction of sp³-hybridized carbons (Fsp3) is 0.0333. The van der Waals surface area contributed by atoms with E-state index in [-0.39, 0.29) is 18.0 Å². The summed E-state index contributed by atoms with van der Waals surface area (Å²) in [5.41, 5.74) is 6.03. The van der Waals surface area contributed by atoms with Gasteiger partial charge in [-0.1, -0.05) is 72.3 Å². The third-order valence-corrected chi connectivity index (χ3v) is 6.75. The van der Waals surface area contributed by atoms with Gasteiger partial charge in [0.25, 0.3) is 5.91 Å². The van der Waals surface area contributed by atoms with Crippen molar-refractivity contribution < 1.29 is 14.5 Å². The largest absolute Gasteiger partial charge is 0.481 e.